The van der Waals surface area contributed by atoms with Crippen LogP contribution in [0, 0.1) is 0 Å². The first-order valence-corrected chi connectivity index (χ1v) is 18.9. The standard InChI is InChI=1S/C21H28N6.2C12H8N2.Ru/c1-3-17-15-18(19-4-2-6-26-21(19)20(17)25-5-1)16-27-13-11-23-9-7-22-8-10-24-12-14-27;2*1-3-9-5-6-10-4-2-8-14-12(10)11(9)13-7-1;/h1-6,15,22-24H,7-14,16H2;2*1-8H;. The van der Waals surface area contributed by atoms with Crippen LogP contribution in [0.3, 0.4) is 0 Å². The molecule has 0 radical (unpaired) electrons. The Labute approximate surface area is 339 Å². The Hall–Kier alpha value is -5.42. The molecule has 7 heterocycles. The first-order valence-electron chi connectivity index (χ1n) is 18.9. The molecule has 0 atom stereocenters. The zero-order chi connectivity index (χ0) is 37.1. The number of benzene rings is 3. The molecule has 56 heavy (non-hydrogen) atoms. The van der Waals surface area contributed by atoms with E-state index in [1.54, 1.807) is 24.8 Å². The summed E-state index contributed by atoms with van der Waals surface area (Å²) < 4.78 is 0. The summed E-state index contributed by atoms with van der Waals surface area (Å²) in [6.45, 7) is 9.09. The van der Waals surface area contributed by atoms with Crippen LogP contribution in [0.1, 0.15) is 5.56 Å². The fourth-order valence-electron chi connectivity index (χ4n) is 7.05. The number of nitrogens with one attached hydrogen (secondary N) is 3. The number of hydrogen-bond donors (Lipinski definition) is 3. The SMILES string of the molecule is [Ru].c1cnc2c(c1)cc(CN1CCNCCNCCNCC1)c1cccnc12.c1cnc2c(c1)ccc1cccnc12.c1cnc2c(c1)ccc1cccnc12. The molecule has 1 aliphatic rings. The zero-order valence-electron chi connectivity index (χ0n) is 31.1. The number of fused-ring (bicyclic) bond motifs is 9. The van der Waals surface area contributed by atoms with Gasteiger partial charge in [0.2, 0.25) is 0 Å². The molecule has 1 fully saturated rings. The Morgan fingerprint density at radius 2 is 0.732 bits per heavy atom. The van der Waals surface area contributed by atoms with Gasteiger partial charge in [0.15, 0.2) is 0 Å². The number of aromatic nitrogens is 6. The molecule has 0 aliphatic carbocycles. The summed E-state index contributed by atoms with van der Waals surface area (Å²) >= 11 is 0. The van der Waals surface area contributed by atoms with Crippen molar-refractivity contribution in [1.82, 2.24) is 50.8 Å². The fourth-order valence-corrected chi connectivity index (χ4v) is 7.05. The molecule has 6 aromatic heterocycles. The molecular weight excluding hydrogens is 782 g/mol. The van der Waals surface area contributed by atoms with E-state index in [1.807, 2.05) is 48.8 Å². The minimum Gasteiger partial charge on any atom is -0.314 e. The molecule has 3 aromatic carbocycles. The van der Waals surface area contributed by atoms with Crippen molar-refractivity contribution in [3.05, 3.63) is 146 Å². The molecular formula is C45H44N10Ru. The van der Waals surface area contributed by atoms with Crippen molar-refractivity contribution in [2.24, 2.45) is 0 Å². The summed E-state index contributed by atoms with van der Waals surface area (Å²) in [5.41, 5.74) is 7.23. The molecule has 10 rings (SSSR count). The van der Waals surface area contributed by atoms with Gasteiger partial charge in [0.25, 0.3) is 0 Å². The van der Waals surface area contributed by atoms with Gasteiger partial charge in [-0.15, -0.1) is 0 Å². The Balaban J connectivity index is 0.000000139. The van der Waals surface area contributed by atoms with Gasteiger partial charge in [-0.3, -0.25) is 34.8 Å². The van der Waals surface area contributed by atoms with Gasteiger partial charge < -0.3 is 16.0 Å². The number of rotatable bonds is 2. The minimum absolute atomic E-state index is 0. The summed E-state index contributed by atoms with van der Waals surface area (Å²) in [5, 5.41) is 17.4. The van der Waals surface area contributed by atoms with Crippen LogP contribution in [-0.2, 0) is 26.0 Å². The maximum Gasteiger partial charge on any atom is 0.0967 e. The van der Waals surface area contributed by atoms with Crippen LogP contribution in [0.4, 0.5) is 0 Å². The second-order valence-corrected chi connectivity index (χ2v) is 13.5. The van der Waals surface area contributed by atoms with Crippen LogP contribution >= 0.6 is 0 Å². The average molecular weight is 826 g/mol. The van der Waals surface area contributed by atoms with E-state index in [0.717, 1.165) is 119 Å². The smallest absolute Gasteiger partial charge is 0.0967 e. The number of pyridine rings is 6. The minimum atomic E-state index is 0. The molecule has 1 aliphatic heterocycles. The molecule has 0 bridgehead atoms. The monoisotopic (exact) mass is 826 g/mol. The van der Waals surface area contributed by atoms with Crippen LogP contribution < -0.4 is 16.0 Å². The van der Waals surface area contributed by atoms with Gasteiger partial charge >= 0.3 is 0 Å². The van der Waals surface area contributed by atoms with Crippen LogP contribution in [0.25, 0.3) is 65.4 Å². The van der Waals surface area contributed by atoms with E-state index < -0.39 is 0 Å². The maximum absolute atomic E-state index is 4.63. The van der Waals surface area contributed by atoms with E-state index in [0.29, 0.717) is 0 Å². The van der Waals surface area contributed by atoms with E-state index >= 15 is 0 Å². The molecule has 0 amide bonds. The Morgan fingerprint density at radius 1 is 0.393 bits per heavy atom. The zero-order valence-corrected chi connectivity index (χ0v) is 32.9. The maximum atomic E-state index is 4.63. The van der Waals surface area contributed by atoms with Gasteiger partial charge in [-0.05, 0) is 48.0 Å². The molecule has 0 spiro atoms. The van der Waals surface area contributed by atoms with Crippen molar-refractivity contribution < 1.29 is 19.5 Å². The molecule has 11 heteroatoms. The molecule has 0 unspecified atom stereocenters. The van der Waals surface area contributed by atoms with Crippen molar-refractivity contribution in [1.29, 1.82) is 0 Å². The topological polar surface area (TPSA) is 117 Å². The predicted octanol–water partition coefficient (Wildman–Crippen LogP) is 6.93. The number of nitrogens with zero attached hydrogens (tertiary/aromatic N) is 7. The summed E-state index contributed by atoms with van der Waals surface area (Å²) in [6, 6.07) is 34.9. The van der Waals surface area contributed by atoms with E-state index in [1.165, 1.54) is 10.9 Å². The van der Waals surface area contributed by atoms with Crippen molar-refractivity contribution >= 4 is 65.4 Å². The largest absolute Gasteiger partial charge is 0.314 e. The molecule has 1 saturated heterocycles. The first kappa shape index (κ1) is 38.8. The van der Waals surface area contributed by atoms with E-state index in [-0.39, 0.29) is 19.5 Å². The van der Waals surface area contributed by atoms with Crippen LogP contribution in [0.15, 0.2) is 140 Å². The normalized spacial score (nSPS) is 14.2. The van der Waals surface area contributed by atoms with E-state index in [4.69, 9.17) is 0 Å². The third-order valence-electron chi connectivity index (χ3n) is 9.80. The Morgan fingerprint density at radius 3 is 1.16 bits per heavy atom. The summed E-state index contributed by atoms with van der Waals surface area (Å²) in [6.07, 6.45) is 10.9. The second-order valence-electron chi connectivity index (χ2n) is 13.5. The summed E-state index contributed by atoms with van der Waals surface area (Å²) in [7, 11) is 0. The Kier molecular flexibility index (Phi) is 13.5. The van der Waals surface area contributed by atoms with Crippen LogP contribution in [0.5, 0.6) is 0 Å². The molecule has 0 saturated carbocycles. The van der Waals surface area contributed by atoms with Crippen molar-refractivity contribution in [3.63, 3.8) is 0 Å². The van der Waals surface area contributed by atoms with E-state index in [2.05, 4.69) is 117 Å². The molecule has 9 aromatic rings. The van der Waals surface area contributed by atoms with Crippen molar-refractivity contribution in [2.45, 2.75) is 6.54 Å². The molecule has 10 nitrogen and oxygen atoms in total. The fraction of sp³-hybridized carbons (Fsp3) is 0.200. The van der Waals surface area contributed by atoms with Gasteiger partial charge in [0.05, 0.1) is 33.1 Å². The molecule has 3 N–H and O–H groups in total. The van der Waals surface area contributed by atoms with Crippen molar-refractivity contribution in [2.75, 3.05) is 52.4 Å². The quantitative estimate of drug-likeness (QED) is 0.125. The van der Waals surface area contributed by atoms with Gasteiger partial charge in [0.1, 0.15) is 0 Å². The van der Waals surface area contributed by atoms with Crippen LogP contribution in [0.2, 0.25) is 0 Å². The van der Waals surface area contributed by atoms with Crippen molar-refractivity contribution in [3.8, 4) is 0 Å². The first-order chi connectivity index (χ1) is 27.3. The third-order valence-corrected chi connectivity index (χ3v) is 9.80. The van der Waals surface area contributed by atoms with Gasteiger partial charge in [0, 0.05) is 148 Å². The summed E-state index contributed by atoms with van der Waals surface area (Å²) in [4.78, 5) is 29.1. The predicted molar refractivity (Wildman–Crippen MR) is 225 cm³/mol. The van der Waals surface area contributed by atoms with E-state index in [9.17, 15) is 0 Å². The Bertz CT molecular complexity index is 2440. The third kappa shape index (κ3) is 9.33. The van der Waals surface area contributed by atoms with Crippen LogP contribution in [-0.4, -0.2) is 87.2 Å². The van der Waals surface area contributed by atoms with Gasteiger partial charge in [-0.2, -0.15) is 0 Å². The van der Waals surface area contributed by atoms with Gasteiger partial charge in [-0.25, -0.2) is 0 Å². The average Bonchev–Trinajstić information content (AvgIpc) is 3.25. The van der Waals surface area contributed by atoms with Gasteiger partial charge in [-0.1, -0.05) is 60.7 Å². The molecule has 282 valence electrons. The second kappa shape index (κ2) is 19.4. The summed E-state index contributed by atoms with van der Waals surface area (Å²) in [5.74, 6) is 0. The number of hydrogen-bond acceptors (Lipinski definition) is 10.